The van der Waals surface area contributed by atoms with E-state index in [-0.39, 0.29) is 17.3 Å². The Morgan fingerprint density at radius 1 is 1.07 bits per heavy atom. The van der Waals surface area contributed by atoms with Gasteiger partial charge >= 0.3 is 0 Å². The van der Waals surface area contributed by atoms with Gasteiger partial charge in [0, 0.05) is 16.2 Å². The standard InChI is InChI=1S/C22H19NO3S/c1-13(2)20(24)18-19(17-11-6-12-27-17)23(22(26)21(18)25)16-10-5-8-14-7-3-4-9-15(14)16/h3-13,19,25H,1-2H3. The summed E-state index contributed by atoms with van der Waals surface area (Å²) in [5, 5.41) is 14.4. The third kappa shape index (κ3) is 2.75. The molecule has 1 aromatic heterocycles. The van der Waals surface area contributed by atoms with Gasteiger partial charge in [0.25, 0.3) is 5.91 Å². The van der Waals surface area contributed by atoms with E-state index >= 15 is 0 Å². The van der Waals surface area contributed by atoms with Crippen LogP contribution < -0.4 is 4.90 Å². The monoisotopic (exact) mass is 377 g/mol. The number of benzene rings is 2. The largest absolute Gasteiger partial charge is 0.503 e. The summed E-state index contributed by atoms with van der Waals surface area (Å²) in [5.74, 6) is -1.50. The molecular formula is C22H19NO3S. The first kappa shape index (κ1) is 17.5. The van der Waals surface area contributed by atoms with E-state index in [1.165, 1.54) is 11.3 Å². The van der Waals surface area contributed by atoms with Crippen LogP contribution in [0.3, 0.4) is 0 Å². The summed E-state index contributed by atoms with van der Waals surface area (Å²) in [6, 6.07) is 16.7. The van der Waals surface area contributed by atoms with Gasteiger partial charge < -0.3 is 5.11 Å². The number of nitrogens with zero attached hydrogens (tertiary/aromatic N) is 1. The number of anilines is 1. The van der Waals surface area contributed by atoms with E-state index in [9.17, 15) is 14.7 Å². The van der Waals surface area contributed by atoms with Gasteiger partial charge in [0.2, 0.25) is 0 Å². The fourth-order valence-electron chi connectivity index (χ4n) is 3.55. The number of carbonyl (C=O) groups is 2. The number of aliphatic hydroxyl groups is 1. The number of carbonyl (C=O) groups excluding carboxylic acids is 2. The zero-order valence-corrected chi connectivity index (χ0v) is 15.9. The Kier molecular flexibility index (Phi) is 4.32. The van der Waals surface area contributed by atoms with Gasteiger partial charge in [-0.15, -0.1) is 11.3 Å². The van der Waals surface area contributed by atoms with Crippen molar-refractivity contribution in [2.24, 2.45) is 5.92 Å². The molecule has 0 saturated heterocycles. The highest BCUT2D eigenvalue weighted by atomic mass is 32.1. The fourth-order valence-corrected chi connectivity index (χ4v) is 4.37. The average Bonchev–Trinajstić information content (AvgIpc) is 3.28. The molecule has 1 amide bonds. The lowest BCUT2D eigenvalue weighted by Crippen LogP contribution is -2.31. The van der Waals surface area contributed by atoms with Gasteiger partial charge in [-0.3, -0.25) is 14.5 Å². The van der Waals surface area contributed by atoms with E-state index in [2.05, 4.69) is 0 Å². The van der Waals surface area contributed by atoms with Crippen molar-refractivity contribution in [1.82, 2.24) is 0 Å². The highest BCUT2D eigenvalue weighted by molar-refractivity contribution is 7.10. The first-order chi connectivity index (χ1) is 13.0. The van der Waals surface area contributed by atoms with Crippen molar-refractivity contribution in [1.29, 1.82) is 0 Å². The van der Waals surface area contributed by atoms with Crippen molar-refractivity contribution in [3.05, 3.63) is 76.2 Å². The molecular weight excluding hydrogens is 358 g/mol. The maximum Gasteiger partial charge on any atom is 0.294 e. The van der Waals surface area contributed by atoms with E-state index in [0.717, 1.165) is 15.6 Å². The van der Waals surface area contributed by atoms with Crippen LogP contribution in [-0.2, 0) is 9.59 Å². The summed E-state index contributed by atoms with van der Waals surface area (Å²) >= 11 is 1.47. The minimum atomic E-state index is -0.613. The number of amides is 1. The van der Waals surface area contributed by atoms with Crippen LogP contribution in [0.4, 0.5) is 5.69 Å². The van der Waals surface area contributed by atoms with Crippen LogP contribution in [0.15, 0.2) is 71.3 Å². The zero-order chi connectivity index (χ0) is 19.1. The Balaban J connectivity index is 1.95. The molecule has 1 N–H and O–H groups in total. The van der Waals surface area contributed by atoms with Crippen molar-refractivity contribution >= 4 is 39.5 Å². The maximum absolute atomic E-state index is 13.1. The highest BCUT2D eigenvalue weighted by Crippen LogP contribution is 2.45. The van der Waals surface area contributed by atoms with E-state index in [1.807, 2.05) is 60.0 Å². The number of ketones is 1. The fraction of sp³-hybridized carbons (Fsp3) is 0.182. The van der Waals surface area contributed by atoms with E-state index < -0.39 is 17.7 Å². The first-order valence-electron chi connectivity index (χ1n) is 8.82. The Morgan fingerprint density at radius 3 is 2.52 bits per heavy atom. The van der Waals surface area contributed by atoms with Crippen LogP contribution in [0.1, 0.15) is 24.8 Å². The molecule has 0 radical (unpaired) electrons. The molecule has 0 fully saturated rings. The molecule has 1 atom stereocenters. The second-order valence-corrected chi connectivity index (χ2v) is 7.85. The van der Waals surface area contributed by atoms with Gasteiger partial charge in [0.15, 0.2) is 11.5 Å². The molecule has 2 heterocycles. The molecule has 1 aliphatic heterocycles. The second kappa shape index (κ2) is 6.67. The minimum absolute atomic E-state index is 0.186. The van der Waals surface area contributed by atoms with Crippen molar-refractivity contribution in [2.75, 3.05) is 4.90 Å². The number of hydrogen-bond acceptors (Lipinski definition) is 4. The van der Waals surface area contributed by atoms with Crippen molar-refractivity contribution in [3.63, 3.8) is 0 Å². The molecule has 1 unspecified atom stereocenters. The predicted octanol–water partition coefficient (Wildman–Crippen LogP) is 5.03. The molecule has 0 bridgehead atoms. The Bertz CT molecular complexity index is 1060. The van der Waals surface area contributed by atoms with Gasteiger partial charge in [-0.25, -0.2) is 0 Å². The summed E-state index contributed by atoms with van der Waals surface area (Å²) in [6.07, 6.45) is 0. The van der Waals surface area contributed by atoms with E-state index in [4.69, 9.17) is 0 Å². The second-order valence-electron chi connectivity index (χ2n) is 6.87. The Morgan fingerprint density at radius 2 is 1.81 bits per heavy atom. The lowest BCUT2D eigenvalue weighted by molar-refractivity contribution is -0.119. The summed E-state index contributed by atoms with van der Waals surface area (Å²) in [5.41, 5.74) is 0.875. The third-order valence-electron chi connectivity index (χ3n) is 4.84. The smallest absolute Gasteiger partial charge is 0.294 e. The maximum atomic E-state index is 13.1. The summed E-state index contributed by atoms with van der Waals surface area (Å²) in [4.78, 5) is 28.3. The molecule has 1 aliphatic rings. The Labute approximate surface area is 161 Å². The van der Waals surface area contributed by atoms with Crippen LogP contribution in [0, 0.1) is 5.92 Å². The molecule has 4 nitrogen and oxygen atoms in total. The SMILES string of the molecule is CC(C)C(=O)C1=C(O)C(=O)N(c2cccc3ccccc23)C1c1cccs1. The number of rotatable bonds is 4. The third-order valence-corrected chi connectivity index (χ3v) is 5.76. The molecule has 5 heteroatoms. The lowest BCUT2D eigenvalue weighted by Gasteiger charge is -2.27. The minimum Gasteiger partial charge on any atom is -0.503 e. The molecule has 0 aliphatic carbocycles. The zero-order valence-electron chi connectivity index (χ0n) is 15.0. The number of Topliss-reactive ketones (excluding diaryl/α,β-unsaturated/α-hetero) is 1. The molecule has 0 saturated carbocycles. The van der Waals surface area contributed by atoms with Crippen LogP contribution in [0.25, 0.3) is 10.8 Å². The van der Waals surface area contributed by atoms with Crippen molar-refractivity contribution in [3.8, 4) is 0 Å². The molecule has 0 spiro atoms. The summed E-state index contributed by atoms with van der Waals surface area (Å²) in [6.45, 7) is 3.55. The quantitative estimate of drug-likeness (QED) is 0.694. The van der Waals surface area contributed by atoms with Crippen LogP contribution >= 0.6 is 11.3 Å². The number of hydrogen-bond donors (Lipinski definition) is 1. The van der Waals surface area contributed by atoms with Crippen molar-refractivity contribution in [2.45, 2.75) is 19.9 Å². The van der Waals surface area contributed by atoms with Gasteiger partial charge in [0.1, 0.15) is 6.04 Å². The van der Waals surface area contributed by atoms with E-state index in [1.54, 1.807) is 18.7 Å². The summed E-state index contributed by atoms with van der Waals surface area (Å²) < 4.78 is 0. The van der Waals surface area contributed by atoms with Crippen LogP contribution in [0.5, 0.6) is 0 Å². The molecule has 27 heavy (non-hydrogen) atoms. The predicted molar refractivity (Wildman–Crippen MR) is 108 cm³/mol. The van der Waals surface area contributed by atoms with Crippen LogP contribution in [-0.4, -0.2) is 16.8 Å². The number of thiophene rings is 1. The van der Waals surface area contributed by atoms with Crippen molar-refractivity contribution < 1.29 is 14.7 Å². The van der Waals surface area contributed by atoms with Gasteiger partial charge in [-0.1, -0.05) is 56.3 Å². The average molecular weight is 377 g/mol. The molecule has 136 valence electrons. The van der Waals surface area contributed by atoms with Gasteiger partial charge in [-0.2, -0.15) is 0 Å². The molecule has 3 aromatic rings. The normalized spacial score (nSPS) is 17.4. The van der Waals surface area contributed by atoms with Gasteiger partial charge in [-0.05, 0) is 22.9 Å². The summed E-state index contributed by atoms with van der Waals surface area (Å²) in [7, 11) is 0. The van der Waals surface area contributed by atoms with Gasteiger partial charge in [0.05, 0.1) is 11.3 Å². The van der Waals surface area contributed by atoms with E-state index in [0.29, 0.717) is 5.69 Å². The number of aliphatic hydroxyl groups excluding tert-OH is 1. The van der Waals surface area contributed by atoms with Crippen LogP contribution in [0.2, 0.25) is 0 Å². The highest BCUT2D eigenvalue weighted by Gasteiger charge is 2.45. The molecule has 2 aromatic carbocycles. The Hall–Kier alpha value is -2.92. The number of fused-ring (bicyclic) bond motifs is 1. The molecule has 4 rings (SSSR count). The first-order valence-corrected chi connectivity index (χ1v) is 9.70. The lowest BCUT2D eigenvalue weighted by atomic mass is 9.94. The topological polar surface area (TPSA) is 57.6 Å².